The predicted molar refractivity (Wildman–Crippen MR) is 73.2 cm³/mol. The van der Waals surface area contributed by atoms with Crippen LogP contribution in [-0.2, 0) is 0 Å². The van der Waals surface area contributed by atoms with Gasteiger partial charge in [0, 0.05) is 38.8 Å². The van der Waals surface area contributed by atoms with Crippen LogP contribution < -0.4 is 11.1 Å². The van der Waals surface area contributed by atoms with Crippen molar-refractivity contribution < 1.29 is 0 Å². The van der Waals surface area contributed by atoms with Gasteiger partial charge in [0.05, 0.1) is 0 Å². The molecule has 1 atom stereocenters. The molecule has 17 heavy (non-hydrogen) atoms. The molecule has 0 aromatic heterocycles. The van der Waals surface area contributed by atoms with E-state index in [4.69, 9.17) is 5.73 Å². The second-order valence-corrected chi connectivity index (χ2v) is 5.40. The van der Waals surface area contributed by atoms with Gasteiger partial charge >= 0.3 is 0 Å². The molecule has 0 amide bonds. The predicted octanol–water partition coefficient (Wildman–Crippen LogP) is -0.207. The number of hydrogen-bond acceptors (Lipinski definition) is 3. The number of nitrogens with two attached hydrogens (primary N) is 1. The molecule has 1 aliphatic rings. The van der Waals surface area contributed by atoms with Crippen LogP contribution in [-0.4, -0.2) is 68.6 Å². The molecular weight excluding hydrogens is 214 g/mol. The minimum Gasteiger partial charge on any atom is -0.370 e. The largest absolute Gasteiger partial charge is 0.370 e. The van der Waals surface area contributed by atoms with Crippen molar-refractivity contribution in [3.63, 3.8) is 0 Å². The van der Waals surface area contributed by atoms with Crippen molar-refractivity contribution >= 4 is 5.96 Å². The van der Waals surface area contributed by atoms with Gasteiger partial charge in [0.15, 0.2) is 5.96 Å². The lowest BCUT2D eigenvalue weighted by molar-refractivity contribution is 0.116. The Kier molecular flexibility index (Phi) is 5.71. The van der Waals surface area contributed by atoms with Gasteiger partial charge in [0.25, 0.3) is 0 Å². The molecule has 0 aromatic rings. The Labute approximate surface area is 105 Å². The van der Waals surface area contributed by atoms with Crippen LogP contribution in [0, 0.1) is 5.92 Å². The van der Waals surface area contributed by atoms with Crippen LogP contribution in [0.25, 0.3) is 0 Å². The summed E-state index contributed by atoms with van der Waals surface area (Å²) in [6, 6.07) is 0.515. The minimum absolute atomic E-state index is 0.515. The molecule has 0 aliphatic carbocycles. The van der Waals surface area contributed by atoms with Gasteiger partial charge in [-0.3, -0.25) is 9.89 Å². The molecule has 1 fully saturated rings. The number of guanidine groups is 1. The molecule has 5 nitrogen and oxygen atoms in total. The van der Waals surface area contributed by atoms with E-state index in [1.807, 2.05) is 0 Å². The summed E-state index contributed by atoms with van der Waals surface area (Å²) in [4.78, 5) is 9.04. The lowest BCUT2D eigenvalue weighted by Gasteiger charge is -2.37. The van der Waals surface area contributed by atoms with E-state index in [1.165, 1.54) is 0 Å². The van der Waals surface area contributed by atoms with E-state index in [9.17, 15) is 0 Å². The minimum atomic E-state index is 0.515. The molecule has 0 bridgehead atoms. The SMILES string of the molecule is CC(C)CN=C(N)NCC1CN(C)CCN1C. The molecule has 0 saturated carbocycles. The van der Waals surface area contributed by atoms with Crippen molar-refractivity contribution in [3.8, 4) is 0 Å². The fourth-order valence-corrected chi connectivity index (χ4v) is 1.88. The molecule has 1 aliphatic heterocycles. The van der Waals surface area contributed by atoms with Crippen LogP contribution in [0.1, 0.15) is 13.8 Å². The van der Waals surface area contributed by atoms with E-state index in [2.05, 4.69) is 48.1 Å². The molecular formula is C12H27N5. The van der Waals surface area contributed by atoms with Gasteiger partial charge in [-0.1, -0.05) is 13.8 Å². The Morgan fingerprint density at radius 3 is 2.76 bits per heavy atom. The molecule has 1 rings (SSSR count). The van der Waals surface area contributed by atoms with Crippen molar-refractivity contribution in [3.05, 3.63) is 0 Å². The van der Waals surface area contributed by atoms with Crippen molar-refractivity contribution in [1.29, 1.82) is 0 Å². The van der Waals surface area contributed by atoms with E-state index in [-0.39, 0.29) is 0 Å². The monoisotopic (exact) mass is 241 g/mol. The maximum Gasteiger partial charge on any atom is 0.188 e. The third-order valence-electron chi connectivity index (χ3n) is 3.13. The molecule has 0 radical (unpaired) electrons. The molecule has 1 unspecified atom stereocenters. The topological polar surface area (TPSA) is 56.9 Å². The van der Waals surface area contributed by atoms with Gasteiger partial charge < -0.3 is 16.0 Å². The second-order valence-electron chi connectivity index (χ2n) is 5.40. The summed E-state index contributed by atoms with van der Waals surface area (Å²) in [6.07, 6.45) is 0. The Morgan fingerprint density at radius 1 is 1.41 bits per heavy atom. The van der Waals surface area contributed by atoms with E-state index < -0.39 is 0 Å². The van der Waals surface area contributed by atoms with E-state index >= 15 is 0 Å². The number of piperazine rings is 1. The number of likely N-dealkylation sites (N-methyl/N-ethyl adjacent to an activating group) is 2. The fourth-order valence-electron chi connectivity index (χ4n) is 1.88. The zero-order valence-electron chi connectivity index (χ0n) is 11.6. The number of hydrogen-bond donors (Lipinski definition) is 2. The summed E-state index contributed by atoms with van der Waals surface area (Å²) < 4.78 is 0. The first-order chi connectivity index (χ1) is 7.99. The van der Waals surface area contributed by atoms with Crippen LogP contribution in [0.2, 0.25) is 0 Å². The average molecular weight is 241 g/mol. The first-order valence-corrected chi connectivity index (χ1v) is 6.41. The first-order valence-electron chi connectivity index (χ1n) is 6.41. The smallest absolute Gasteiger partial charge is 0.188 e. The summed E-state index contributed by atoms with van der Waals surface area (Å²) in [5.74, 6) is 1.12. The van der Waals surface area contributed by atoms with Gasteiger partial charge in [0.1, 0.15) is 0 Å². The fraction of sp³-hybridized carbons (Fsp3) is 0.917. The van der Waals surface area contributed by atoms with Crippen molar-refractivity contribution in [2.75, 3.05) is 46.8 Å². The highest BCUT2D eigenvalue weighted by atomic mass is 15.3. The maximum atomic E-state index is 5.83. The van der Waals surface area contributed by atoms with Gasteiger partial charge in [-0.25, -0.2) is 0 Å². The average Bonchev–Trinajstić information content (AvgIpc) is 2.27. The molecule has 1 heterocycles. The Morgan fingerprint density at radius 2 is 2.12 bits per heavy atom. The highest BCUT2D eigenvalue weighted by Gasteiger charge is 2.21. The third kappa shape index (κ3) is 5.37. The lowest BCUT2D eigenvalue weighted by atomic mass is 10.2. The zero-order chi connectivity index (χ0) is 12.8. The highest BCUT2D eigenvalue weighted by molar-refractivity contribution is 5.77. The summed E-state index contributed by atoms with van der Waals surface area (Å²) in [5, 5.41) is 3.22. The van der Waals surface area contributed by atoms with Gasteiger partial charge in [-0.05, 0) is 20.0 Å². The summed E-state index contributed by atoms with van der Waals surface area (Å²) in [6.45, 7) is 9.28. The Balaban J connectivity index is 2.31. The van der Waals surface area contributed by atoms with E-state index in [0.717, 1.165) is 32.7 Å². The van der Waals surface area contributed by atoms with Crippen molar-refractivity contribution in [2.45, 2.75) is 19.9 Å². The second kappa shape index (κ2) is 6.81. The normalized spacial score (nSPS) is 24.3. The van der Waals surface area contributed by atoms with Gasteiger partial charge in [0.2, 0.25) is 0 Å². The van der Waals surface area contributed by atoms with E-state index in [1.54, 1.807) is 0 Å². The Bertz CT molecular complexity index is 251. The van der Waals surface area contributed by atoms with Crippen LogP contribution in [0.4, 0.5) is 0 Å². The Hall–Kier alpha value is -0.810. The number of aliphatic imine (C=N–C) groups is 1. The van der Waals surface area contributed by atoms with Crippen LogP contribution in [0.15, 0.2) is 4.99 Å². The third-order valence-corrected chi connectivity index (χ3v) is 3.13. The van der Waals surface area contributed by atoms with Crippen molar-refractivity contribution in [1.82, 2.24) is 15.1 Å². The van der Waals surface area contributed by atoms with Crippen LogP contribution >= 0.6 is 0 Å². The lowest BCUT2D eigenvalue weighted by Crippen LogP contribution is -2.55. The maximum absolute atomic E-state index is 5.83. The number of nitrogens with one attached hydrogen (secondary N) is 1. The zero-order valence-corrected chi connectivity index (χ0v) is 11.6. The number of nitrogens with zero attached hydrogens (tertiary/aromatic N) is 3. The number of rotatable bonds is 4. The van der Waals surface area contributed by atoms with Crippen molar-refractivity contribution in [2.24, 2.45) is 16.6 Å². The summed E-state index contributed by atoms with van der Waals surface area (Å²) >= 11 is 0. The summed E-state index contributed by atoms with van der Waals surface area (Å²) in [5.41, 5.74) is 5.83. The quantitative estimate of drug-likeness (QED) is 0.528. The van der Waals surface area contributed by atoms with Crippen LogP contribution in [0.5, 0.6) is 0 Å². The van der Waals surface area contributed by atoms with Gasteiger partial charge in [-0.2, -0.15) is 0 Å². The van der Waals surface area contributed by atoms with Crippen LogP contribution in [0.3, 0.4) is 0 Å². The highest BCUT2D eigenvalue weighted by Crippen LogP contribution is 2.04. The molecule has 1 saturated heterocycles. The van der Waals surface area contributed by atoms with E-state index in [0.29, 0.717) is 17.9 Å². The molecule has 0 spiro atoms. The molecule has 0 aromatic carbocycles. The summed E-state index contributed by atoms with van der Waals surface area (Å²) in [7, 11) is 4.33. The standard InChI is InChI=1S/C12H27N5/c1-10(2)7-14-12(13)15-8-11-9-16(3)5-6-17(11)4/h10-11H,5-9H2,1-4H3,(H3,13,14,15). The molecule has 100 valence electrons. The first kappa shape index (κ1) is 14.3. The molecule has 3 N–H and O–H groups in total. The molecule has 5 heteroatoms. The van der Waals surface area contributed by atoms with Gasteiger partial charge in [-0.15, -0.1) is 0 Å².